The van der Waals surface area contributed by atoms with Crippen molar-refractivity contribution >= 4 is 5.69 Å². The maximum absolute atomic E-state index is 11.2. The van der Waals surface area contributed by atoms with E-state index < -0.39 is 96.7 Å². The highest BCUT2D eigenvalue weighted by Gasteiger charge is 2.51. The van der Waals surface area contributed by atoms with Crippen LogP contribution in [0.25, 0.3) is 0 Å². The van der Waals surface area contributed by atoms with Gasteiger partial charge in [0.1, 0.15) is 73.4 Å². The van der Waals surface area contributed by atoms with Gasteiger partial charge in [0.15, 0.2) is 12.6 Å². The molecule has 1 aliphatic carbocycles. The maximum atomic E-state index is 11.2. The summed E-state index contributed by atoms with van der Waals surface area (Å²) in [6.07, 6.45) is -17.0. The molecule has 0 bridgehead atoms. The molecular weight excluding hydrogens is 566 g/mol. The Morgan fingerprint density at radius 3 is 1.88 bits per heavy atom. The Morgan fingerprint density at radius 1 is 0.786 bits per heavy atom. The fraction of sp³-hybridized carbons (Fsp3) is 0.750. The molecule has 14 N–H and O–H groups in total. The fourth-order valence-electron chi connectivity index (χ4n) is 5.23. The highest BCUT2D eigenvalue weighted by molar-refractivity contribution is 5.36. The number of aliphatic hydroxyl groups is 6. The Balaban J connectivity index is 1.43. The molecular formula is C24H39N5O13. The quantitative estimate of drug-likeness (QED) is 0.0927. The summed E-state index contributed by atoms with van der Waals surface area (Å²) in [6, 6.07) is 2.17. The third kappa shape index (κ3) is 6.82. The van der Waals surface area contributed by atoms with E-state index in [2.05, 4.69) is 0 Å². The lowest BCUT2D eigenvalue weighted by molar-refractivity contribution is -0.384. The molecule has 42 heavy (non-hydrogen) atoms. The second kappa shape index (κ2) is 13.7. The Bertz CT molecular complexity index is 1040. The first-order valence-corrected chi connectivity index (χ1v) is 13.4. The number of rotatable bonds is 9. The third-order valence-electron chi connectivity index (χ3n) is 7.76. The minimum Gasteiger partial charge on any atom is -0.491 e. The number of nitro benzene ring substituents is 1. The lowest BCUT2D eigenvalue weighted by atomic mass is 9.84. The van der Waals surface area contributed by atoms with Crippen molar-refractivity contribution in [1.82, 2.24) is 0 Å². The van der Waals surface area contributed by atoms with Crippen LogP contribution in [0.1, 0.15) is 6.42 Å². The molecule has 15 atom stereocenters. The third-order valence-corrected chi connectivity index (χ3v) is 7.76. The Labute approximate surface area is 239 Å². The first-order chi connectivity index (χ1) is 19.8. The molecule has 4 rings (SSSR count). The first kappa shape index (κ1) is 32.8. The van der Waals surface area contributed by atoms with Crippen molar-refractivity contribution < 1.29 is 59.2 Å². The largest absolute Gasteiger partial charge is 0.491 e. The van der Waals surface area contributed by atoms with Gasteiger partial charge in [0.25, 0.3) is 5.69 Å². The predicted octanol–water partition coefficient (Wildman–Crippen LogP) is -5.30. The van der Waals surface area contributed by atoms with Gasteiger partial charge in [-0.15, -0.1) is 0 Å². The molecule has 2 heterocycles. The summed E-state index contributed by atoms with van der Waals surface area (Å²) in [7, 11) is 0. The highest BCUT2D eigenvalue weighted by atomic mass is 16.7. The van der Waals surface area contributed by atoms with Gasteiger partial charge in [-0.25, -0.2) is 0 Å². The van der Waals surface area contributed by atoms with E-state index in [-0.39, 0.29) is 31.0 Å². The van der Waals surface area contributed by atoms with Crippen LogP contribution in [0.5, 0.6) is 5.75 Å². The van der Waals surface area contributed by atoms with Crippen LogP contribution in [0.15, 0.2) is 24.3 Å². The molecule has 18 nitrogen and oxygen atoms in total. The summed E-state index contributed by atoms with van der Waals surface area (Å²) in [5, 5.41) is 73.9. The number of nitrogens with two attached hydrogens (primary N) is 4. The normalized spacial score (nSPS) is 44.5. The van der Waals surface area contributed by atoms with Crippen LogP contribution in [-0.4, -0.2) is 140 Å². The van der Waals surface area contributed by atoms with Crippen molar-refractivity contribution in [3.63, 3.8) is 0 Å². The van der Waals surface area contributed by atoms with Crippen molar-refractivity contribution in [3.05, 3.63) is 34.4 Å². The SMILES string of the molecule is NC[C@H]1O[C@H](O[C@H]2[C@H](O)[C@@H](O[C@H]3O[C@H](COc4ccc([N+](=O)[O-])cc4)[C@@H](O)[C@H](N)[C@H]3O)[C@H](N)C[C@@H]2N)[C@H](O)[C@@H](O)[C@@H]1O. The Hall–Kier alpha value is -2.14. The van der Waals surface area contributed by atoms with Crippen molar-refractivity contribution in [1.29, 1.82) is 0 Å². The predicted molar refractivity (Wildman–Crippen MR) is 139 cm³/mol. The zero-order chi connectivity index (χ0) is 30.9. The van der Waals surface area contributed by atoms with Crippen molar-refractivity contribution in [3.8, 4) is 5.75 Å². The fourth-order valence-corrected chi connectivity index (χ4v) is 5.23. The number of hydrogen-bond donors (Lipinski definition) is 10. The van der Waals surface area contributed by atoms with E-state index in [1.54, 1.807) is 0 Å². The molecule has 0 radical (unpaired) electrons. The van der Waals surface area contributed by atoms with Gasteiger partial charge in [0.2, 0.25) is 0 Å². The molecule has 2 saturated heterocycles. The van der Waals surface area contributed by atoms with Gasteiger partial charge in [0, 0.05) is 30.8 Å². The minimum atomic E-state index is -1.70. The van der Waals surface area contributed by atoms with E-state index >= 15 is 0 Å². The Morgan fingerprint density at radius 2 is 1.33 bits per heavy atom. The van der Waals surface area contributed by atoms with Crippen LogP contribution in [-0.2, 0) is 18.9 Å². The van der Waals surface area contributed by atoms with Gasteiger partial charge in [-0.2, -0.15) is 0 Å². The molecule has 1 saturated carbocycles. The zero-order valence-corrected chi connectivity index (χ0v) is 22.4. The number of nitrogens with zero attached hydrogens (tertiary/aromatic N) is 1. The molecule has 3 fully saturated rings. The molecule has 0 aromatic heterocycles. The highest BCUT2D eigenvalue weighted by Crippen LogP contribution is 2.31. The van der Waals surface area contributed by atoms with Crippen LogP contribution >= 0.6 is 0 Å². The van der Waals surface area contributed by atoms with Crippen LogP contribution in [0, 0.1) is 10.1 Å². The smallest absolute Gasteiger partial charge is 0.269 e. The summed E-state index contributed by atoms with van der Waals surface area (Å²) in [5.74, 6) is 0.244. The molecule has 18 heteroatoms. The van der Waals surface area contributed by atoms with Crippen LogP contribution in [0.2, 0.25) is 0 Å². The minimum absolute atomic E-state index is 0.0465. The Kier molecular flexibility index (Phi) is 10.7. The maximum Gasteiger partial charge on any atom is 0.269 e. The molecule has 1 aromatic rings. The molecule has 238 valence electrons. The number of aliphatic hydroxyl groups excluding tert-OH is 6. The monoisotopic (exact) mass is 605 g/mol. The second-order valence-corrected chi connectivity index (χ2v) is 10.7. The number of nitro groups is 1. The lowest BCUT2D eigenvalue weighted by Crippen LogP contribution is -2.68. The number of hydrogen-bond acceptors (Lipinski definition) is 17. The van der Waals surface area contributed by atoms with Crippen molar-refractivity contribution in [2.75, 3.05) is 13.2 Å². The average Bonchev–Trinajstić information content (AvgIpc) is 2.96. The first-order valence-electron chi connectivity index (χ1n) is 13.4. The molecule has 1 aromatic carbocycles. The van der Waals surface area contributed by atoms with Crippen molar-refractivity contribution in [2.45, 2.75) is 98.2 Å². The molecule has 0 amide bonds. The van der Waals surface area contributed by atoms with Gasteiger partial charge in [0.05, 0.1) is 11.0 Å². The van der Waals surface area contributed by atoms with E-state index in [4.69, 9.17) is 46.6 Å². The standard InChI is InChI=1S/C24H39N5O13/c25-6-12-16(31)18(33)19(34)24(39-12)42-22-11(27)5-10(26)21(20(22)35)41-23-17(32)14(28)15(30)13(40-23)7-38-9-3-1-8(2-4-9)29(36)37/h1-4,10-24,30-35H,5-7,25-28H2/t10-,11+,12-,13-,14+,15-,16-,17-,18+,19-,20-,21+,22-,23-,24-/m1/s1. The molecule has 3 aliphatic rings. The number of non-ortho nitro benzene ring substituents is 1. The van der Waals surface area contributed by atoms with Gasteiger partial charge in [-0.1, -0.05) is 0 Å². The van der Waals surface area contributed by atoms with Gasteiger partial charge in [-0.05, 0) is 18.6 Å². The van der Waals surface area contributed by atoms with E-state index in [1.165, 1.54) is 24.3 Å². The van der Waals surface area contributed by atoms with Gasteiger partial charge >= 0.3 is 0 Å². The summed E-state index contributed by atoms with van der Waals surface area (Å²) < 4.78 is 28.4. The second-order valence-electron chi connectivity index (χ2n) is 10.7. The summed E-state index contributed by atoms with van der Waals surface area (Å²) in [5.41, 5.74) is 23.8. The van der Waals surface area contributed by atoms with Gasteiger partial charge < -0.3 is 77.3 Å². The lowest BCUT2D eigenvalue weighted by Gasteiger charge is -2.48. The summed E-state index contributed by atoms with van der Waals surface area (Å²) >= 11 is 0. The summed E-state index contributed by atoms with van der Waals surface area (Å²) in [6.45, 7) is -0.471. The number of benzene rings is 1. The number of ether oxygens (including phenoxy) is 5. The van der Waals surface area contributed by atoms with E-state index in [0.29, 0.717) is 0 Å². The van der Waals surface area contributed by atoms with Crippen LogP contribution < -0.4 is 27.7 Å². The topological polar surface area (TPSA) is 315 Å². The van der Waals surface area contributed by atoms with Crippen LogP contribution in [0.4, 0.5) is 5.69 Å². The summed E-state index contributed by atoms with van der Waals surface area (Å²) in [4.78, 5) is 10.3. The molecule has 2 aliphatic heterocycles. The van der Waals surface area contributed by atoms with Crippen LogP contribution in [0.3, 0.4) is 0 Å². The van der Waals surface area contributed by atoms with Crippen molar-refractivity contribution in [2.24, 2.45) is 22.9 Å². The van der Waals surface area contributed by atoms with E-state index in [9.17, 15) is 40.8 Å². The van der Waals surface area contributed by atoms with E-state index in [1.807, 2.05) is 0 Å². The van der Waals surface area contributed by atoms with E-state index in [0.717, 1.165) is 0 Å². The molecule has 0 spiro atoms. The molecule has 0 unspecified atom stereocenters. The average molecular weight is 606 g/mol. The zero-order valence-electron chi connectivity index (χ0n) is 22.4. The van der Waals surface area contributed by atoms with Gasteiger partial charge in [-0.3, -0.25) is 10.1 Å².